The number of rotatable bonds is 10. The summed E-state index contributed by atoms with van der Waals surface area (Å²) in [6.45, 7) is 6.61. The Morgan fingerprint density at radius 2 is 1.68 bits per heavy atom. The average molecular weight is 408 g/mol. The van der Waals surface area contributed by atoms with Crippen molar-refractivity contribution < 1.29 is 28.4 Å². The maximum Gasteiger partial charge on any atom is 0.534 e. The Morgan fingerprint density at radius 3 is 2.29 bits per heavy atom. The second-order valence-electron chi connectivity index (χ2n) is 7.53. The summed E-state index contributed by atoms with van der Waals surface area (Å²) >= 11 is 0. The fourth-order valence-corrected chi connectivity index (χ4v) is 4.88. The minimum Gasteiger partial charge on any atom is -0.544 e. The van der Waals surface area contributed by atoms with E-state index in [2.05, 4.69) is 24.9 Å². The van der Waals surface area contributed by atoms with Crippen LogP contribution in [0.4, 0.5) is 4.79 Å². The molecular formula is C20H29NO6Si. The molecule has 0 saturated carbocycles. The first-order valence-electron chi connectivity index (χ1n) is 9.79. The van der Waals surface area contributed by atoms with Gasteiger partial charge in [-0.3, -0.25) is 14.4 Å². The van der Waals surface area contributed by atoms with Gasteiger partial charge in [0.25, 0.3) is 11.8 Å². The highest BCUT2D eigenvalue weighted by atomic mass is 28.4. The van der Waals surface area contributed by atoms with Crippen molar-refractivity contribution in [1.82, 2.24) is 5.06 Å². The fourth-order valence-electron chi connectivity index (χ4n) is 2.90. The van der Waals surface area contributed by atoms with Gasteiger partial charge < -0.3 is 9.16 Å². The molecule has 1 aliphatic heterocycles. The van der Waals surface area contributed by atoms with Crippen molar-refractivity contribution in [3.8, 4) is 5.75 Å². The van der Waals surface area contributed by atoms with E-state index in [1.807, 2.05) is 24.3 Å². The van der Waals surface area contributed by atoms with Gasteiger partial charge in [-0.1, -0.05) is 49.8 Å². The fraction of sp³-hybridized carbons (Fsp3) is 0.550. The predicted octanol–water partition coefficient (Wildman–Crippen LogP) is 4.57. The highest BCUT2D eigenvalue weighted by molar-refractivity contribution is 6.71. The second-order valence-corrected chi connectivity index (χ2v) is 11.8. The highest BCUT2D eigenvalue weighted by Gasteiger charge is 2.33. The summed E-state index contributed by atoms with van der Waals surface area (Å²) in [4.78, 5) is 39.1. The Hall–Kier alpha value is -2.35. The molecule has 154 valence electrons. The van der Waals surface area contributed by atoms with Crippen LogP contribution in [0.2, 0.25) is 19.1 Å². The molecule has 1 fully saturated rings. The van der Waals surface area contributed by atoms with Gasteiger partial charge in [-0.2, -0.15) is 0 Å². The van der Waals surface area contributed by atoms with Crippen molar-refractivity contribution in [3.63, 3.8) is 0 Å². The lowest BCUT2D eigenvalue weighted by Crippen LogP contribution is -2.33. The van der Waals surface area contributed by atoms with Gasteiger partial charge in [0.1, 0.15) is 12.4 Å². The van der Waals surface area contributed by atoms with E-state index in [9.17, 15) is 14.4 Å². The number of carbonyl (C=O) groups is 3. The molecule has 0 bridgehead atoms. The minimum atomic E-state index is -1.76. The number of hydroxylamine groups is 2. The lowest BCUT2D eigenvalue weighted by Gasteiger charge is -2.24. The van der Waals surface area contributed by atoms with Gasteiger partial charge in [0.05, 0.1) is 0 Å². The molecule has 1 saturated heterocycles. The number of imide groups is 1. The summed E-state index contributed by atoms with van der Waals surface area (Å²) in [5.74, 6) is -0.262. The molecule has 1 aromatic carbocycles. The third kappa shape index (κ3) is 6.99. The van der Waals surface area contributed by atoms with E-state index in [0.29, 0.717) is 5.06 Å². The molecule has 2 rings (SSSR count). The quantitative estimate of drug-likeness (QED) is 0.245. The maximum atomic E-state index is 11.7. The second kappa shape index (κ2) is 10.3. The zero-order chi connectivity index (χ0) is 20.6. The zero-order valence-electron chi connectivity index (χ0n) is 16.9. The highest BCUT2D eigenvalue weighted by Crippen LogP contribution is 2.22. The number of ether oxygens (including phenoxy) is 1. The van der Waals surface area contributed by atoms with E-state index in [0.717, 1.165) is 17.4 Å². The monoisotopic (exact) mass is 407 g/mol. The molecule has 0 N–H and O–H groups in total. The van der Waals surface area contributed by atoms with E-state index in [4.69, 9.17) is 9.16 Å². The molecule has 0 spiro atoms. The minimum absolute atomic E-state index is 0.0207. The molecule has 28 heavy (non-hydrogen) atoms. The smallest absolute Gasteiger partial charge is 0.534 e. The lowest BCUT2D eigenvalue weighted by molar-refractivity contribution is -0.177. The SMILES string of the molecule is CCCCCC[Si](C)(C)Oc1ccc(COC(=O)ON2C(=O)CCC2=O)cc1. The van der Waals surface area contributed by atoms with E-state index in [1.54, 1.807) is 0 Å². The van der Waals surface area contributed by atoms with Crippen LogP contribution in [0.15, 0.2) is 24.3 Å². The van der Waals surface area contributed by atoms with Crippen LogP contribution in [0.25, 0.3) is 0 Å². The Labute approximate surface area is 167 Å². The topological polar surface area (TPSA) is 82.1 Å². The first-order chi connectivity index (χ1) is 13.3. The van der Waals surface area contributed by atoms with Crippen molar-refractivity contribution in [2.24, 2.45) is 0 Å². The van der Waals surface area contributed by atoms with Crippen LogP contribution in [0, 0.1) is 0 Å². The molecule has 2 amide bonds. The molecule has 1 aromatic rings. The van der Waals surface area contributed by atoms with Crippen LogP contribution in [0.3, 0.4) is 0 Å². The number of unbranched alkanes of at least 4 members (excludes halogenated alkanes) is 3. The Morgan fingerprint density at radius 1 is 1.04 bits per heavy atom. The number of benzene rings is 1. The van der Waals surface area contributed by atoms with E-state index in [1.165, 1.54) is 25.7 Å². The average Bonchev–Trinajstić information content (AvgIpc) is 2.96. The molecule has 0 unspecified atom stereocenters. The first-order valence-corrected chi connectivity index (χ1v) is 12.9. The standard InChI is InChI=1S/C20H29NO6Si/c1-4-5-6-7-14-28(2,3)27-17-10-8-16(9-11-17)15-25-20(24)26-21-18(22)12-13-19(21)23/h8-11H,4-7,12-15H2,1-3H3. The van der Waals surface area contributed by atoms with Gasteiger partial charge in [-0.15, -0.1) is 0 Å². The van der Waals surface area contributed by atoms with E-state index < -0.39 is 26.3 Å². The van der Waals surface area contributed by atoms with Gasteiger partial charge in [0.15, 0.2) is 0 Å². The van der Waals surface area contributed by atoms with Crippen molar-refractivity contribution in [2.45, 2.75) is 71.2 Å². The van der Waals surface area contributed by atoms with Crippen LogP contribution in [0.5, 0.6) is 5.75 Å². The largest absolute Gasteiger partial charge is 0.544 e. The summed E-state index contributed by atoms with van der Waals surface area (Å²) < 4.78 is 11.2. The van der Waals surface area contributed by atoms with Gasteiger partial charge in [0, 0.05) is 12.8 Å². The van der Waals surface area contributed by atoms with Crippen LogP contribution in [-0.2, 0) is 25.8 Å². The van der Waals surface area contributed by atoms with Crippen molar-refractivity contribution >= 4 is 26.3 Å². The molecule has 8 heteroatoms. The van der Waals surface area contributed by atoms with Crippen molar-refractivity contribution in [2.75, 3.05) is 0 Å². The summed E-state index contributed by atoms with van der Waals surface area (Å²) in [6, 6.07) is 8.47. The first kappa shape index (κ1) is 21.9. The number of carbonyl (C=O) groups excluding carboxylic acids is 3. The van der Waals surface area contributed by atoms with Crippen molar-refractivity contribution in [3.05, 3.63) is 29.8 Å². The van der Waals surface area contributed by atoms with Gasteiger partial charge in [-0.25, -0.2) is 4.79 Å². The number of nitrogens with zero attached hydrogens (tertiary/aromatic N) is 1. The third-order valence-electron chi connectivity index (χ3n) is 4.48. The summed E-state index contributed by atoms with van der Waals surface area (Å²) in [6.07, 6.45) is 3.95. The summed E-state index contributed by atoms with van der Waals surface area (Å²) in [5.41, 5.74) is 0.755. The maximum absolute atomic E-state index is 11.7. The summed E-state index contributed by atoms with van der Waals surface area (Å²) in [7, 11) is -1.76. The Bertz CT molecular complexity index is 672. The Kier molecular flexibility index (Phi) is 8.04. The van der Waals surface area contributed by atoms with Crippen LogP contribution < -0.4 is 4.43 Å². The molecule has 1 aliphatic rings. The van der Waals surface area contributed by atoms with E-state index >= 15 is 0 Å². The number of hydrogen-bond acceptors (Lipinski definition) is 6. The van der Waals surface area contributed by atoms with Crippen LogP contribution in [0.1, 0.15) is 51.0 Å². The Balaban J connectivity index is 1.76. The molecule has 0 atom stereocenters. The molecule has 0 aromatic heterocycles. The number of amides is 2. The van der Waals surface area contributed by atoms with Gasteiger partial charge >= 0.3 is 6.16 Å². The molecular weight excluding hydrogens is 378 g/mol. The molecule has 0 radical (unpaired) electrons. The third-order valence-corrected chi connectivity index (χ3v) is 6.82. The van der Waals surface area contributed by atoms with Crippen LogP contribution >= 0.6 is 0 Å². The predicted molar refractivity (Wildman–Crippen MR) is 106 cm³/mol. The zero-order valence-corrected chi connectivity index (χ0v) is 17.9. The molecule has 1 heterocycles. The lowest BCUT2D eigenvalue weighted by atomic mass is 10.2. The van der Waals surface area contributed by atoms with Crippen LogP contribution in [-0.4, -0.2) is 31.4 Å². The molecule has 7 nitrogen and oxygen atoms in total. The normalized spacial score (nSPS) is 14.3. The van der Waals surface area contributed by atoms with Gasteiger partial charge in [0.2, 0.25) is 8.32 Å². The number of hydrogen-bond donors (Lipinski definition) is 0. The summed E-state index contributed by atoms with van der Waals surface area (Å²) in [5, 5.41) is 0.465. The van der Waals surface area contributed by atoms with E-state index in [-0.39, 0.29) is 19.4 Å². The van der Waals surface area contributed by atoms with Crippen molar-refractivity contribution in [1.29, 1.82) is 0 Å². The van der Waals surface area contributed by atoms with Gasteiger partial charge in [-0.05, 0) is 36.8 Å². The molecule has 0 aliphatic carbocycles.